The number of guanidine groups is 1. The number of rotatable bonds is 4. The molecule has 2 aliphatic rings. The van der Waals surface area contributed by atoms with Gasteiger partial charge in [0.05, 0.1) is 19.6 Å². The predicted molar refractivity (Wildman–Crippen MR) is 104 cm³/mol. The molecule has 0 aromatic rings. The van der Waals surface area contributed by atoms with Crippen molar-refractivity contribution < 1.29 is 22.7 Å². The van der Waals surface area contributed by atoms with E-state index in [-0.39, 0.29) is 41.9 Å². The van der Waals surface area contributed by atoms with Gasteiger partial charge < -0.3 is 15.0 Å². The largest absolute Gasteiger partial charge is 0.469 e. The second-order valence-electron chi connectivity index (χ2n) is 6.56. The van der Waals surface area contributed by atoms with Crippen molar-refractivity contribution in [3.8, 4) is 0 Å². The van der Waals surface area contributed by atoms with Crippen molar-refractivity contribution in [3.63, 3.8) is 0 Å². The SMILES string of the molecule is CCN=C(NC1CCN(CC(F)(F)F)C1)N1CCC(C(=O)OC)CC1.I. The van der Waals surface area contributed by atoms with Crippen LogP contribution in [-0.4, -0.2) is 80.3 Å². The number of aliphatic imine (C=N–C) groups is 1. The minimum absolute atomic E-state index is 0. The van der Waals surface area contributed by atoms with Gasteiger partial charge >= 0.3 is 12.1 Å². The number of halogens is 4. The zero-order valence-corrected chi connectivity index (χ0v) is 17.5. The second kappa shape index (κ2) is 10.5. The van der Waals surface area contributed by atoms with Crippen LogP contribution in [0.4, 0.5) is 13.2 Å². The van der Waals surface area contributed by atoms with Gasteiger partial charge in [-0.15, -0.1) is 24.0 Å². The van der Waals surface area contributed by atoms with E-state index in [0.29, 0.717) is 52.0 Å². The highest BCUT2D eigenvalue weighted by atomic mass is 127. The lowest BCUT2D eigenvalue weighted by atomic mass is 9.97. The lowest BCUT2D eigenvalue weighted by Gasteiger charge is -2.34. The van der Waals surface area contributed by atoms with Gasteiger partial charge in [-0.05, 0) is 26.2 Å². The Bertz CT molecular complexity index is 483. The molecular formula is C16H28F3IN4O2. The number of nitrogens with zero attached hydrogens (tertiary/aromatic N) is 3. The molecule has 2 aliphatic heterocycles. The van der Waals surface area contributed by atoms with Crippen molar-refractivity contribution in [3.05, 3.63) is 0 Å². The third-order valence-corrected chi connectivity index (χ3v) is 4.65. The molecule has 0 bridgehead atoms. The summed E-state index contributed by atoms with van der Waals surface area (Å²) >= 11 is 0. The molecule has 0 aromatic carbocycles. The van der Waals surface area contributed by atoms with E-state index >= 15 is 0 Å². The molecule has 2 rings (SSSR count). The Hall–Kier alpha value is -0.780. The molecule has 0 aromatic heterocycles. The van der Waals surface area contributed by atoms with Gasteiger partial charge in [0.1, 0.15) is 0 Å². The first kappa shape index (κ1) is 23.3. The van der Waals surface area contributed by atoms with Crippen molar-refractivity contribution in [2.24, 2.45) is 10.9 Å². The third-order valence-electron chi connectivity index (χ3n) is 4.65. The first-order valence-electron chi connectivity index (χ1n) is 8.75. The molecule has 0 amide bonds. The Morgan fingerprint density at radius 2 is 1.88 bits per heavy atom. The van der Waals surface area contributed by atoms with Crippen LogP contribution >= 0.6 is 24.0 Å². The van der Waals surface area contributed by atoms with Crippen LogP contribution in [0.2, 0.25) is 0 Å². The summed E-state index contributed by atoms with van der Waals surface area (Å²) in [4.78, 5) is 19.6. The smallest absolute Gasteiger partial charge is 0.401 e. The molecule has 0 aliphatic carbocycles. The average molecular weight is 492 g/mol. The van der Waals surface area contributed by atoms with Crippen LogP contribution in [0.1, 0.15) is 26.2 Å². The first-order valence-corrected chi connectivity index (χ1v) is 8.75. The average Bonchev–Trinajstić information content (AvgIpc) is 2.99. The van der Waals surface area contributed by atoms with E-state index in [1.807, 2.05) is 6.92 Å². The standard InChI is InChI=1S/C16H27F3N4O2.HI/c1-3-20-15(23-8-4-12(5-9-23)14(24)25-2)21-13-6-7-22(10-13)11-16(17,18)19;/h12-13H,3-11H2,1-2H3,(H,20,21);1H. The van der Waals surface area contributed by atoms with E-state index in [1.165, 1.54) is 12.0 Å². The summed E-state index contributed by atoms with van der Waals surface area (Å²) in [6.07, 6.45) is -2.10. The van der Waals surface area contributed by atoms with Crippen LogP contribution < -0.4 is 5.32 Å². The van der Waals surface area contributed by atoms with Crippen molar-refractivity contribution in [2.75, 3.05) is 46.4 Å². The van der Waals surface area contributed by atoms with Gasteiger partial charge in [0.2, 0.25) is 0 Å². The van der Waals surface area contributed by atoms with Gasteiger partial charge in [0, 0.05) is 38.8 Å². The summed E-state index contributed by atoms with van der Waals surface area (Å²) in [5, 5.41) is 3.31. The van der Waals surface area contributed by atoms with E-state index in [0.717, 1.165) is 5.96 Å². The molecule has 1 unspecified atom stereocenters. The molecule has 2 heterocycles. The number of likely N-dealkylation sites (tertiary alicyclic amines) is 2. The lowest BCUT2D eigenvalue weighted by molar-refractivity contribution is -0.147. The number of methoxy groups -OCH3 is 1. The van der Waals surface area contributed by atoms with Gasteiger partial charge in [-0.1, -0.05) is 0 Å². The number of piperidine rings is 1. The number of nitrogens with one attached hydrogen (secondary N) is 1. The van der Waals surface area contributed by atoms with Crippen LogP contribution in [0.3, 0.4) is 0 Å². The quantitative estimate of drug-likeness (QED) is 0.282. The zero-order chi connectivity index (χ0) is 18.4. The fourth-order valence-corrected chi connectivity index (χ4v) is 3.41. The molecule has 0 saturated carbocycles. The molecule has 26 heavy (non-hydrogen) atoms. The fraction of sp³-hybridized carbons (Fsp3) is 0.875. The molecule has 152 valence electrons. The summed E-state index contributed by atoms with van der Waals surface area (Å²) in [5.41, 5.74) is 0. The Balaban J connectivity index is 0.00000338. The summed E-state index contributed by atoms with van der Waals surface area (Å²) in [5.74, 6) is 0.461. The van der Waals surface area contributed by atoms with Crippen LogP contribution in [0.5, 0.6) is 0 Å². The number of alkyl halides is 3. The Morgan fingerprint density at radius 1 is 1.23 bits per heavy atom. The van der Waals surface area contributed by atoms with Crippen molar-refractivity contribution >= 4 is 35.9 Å². The second-order valence-corrected chi connectivity index (χ2v) is 6.56. The van der Waals surface area contributed by atoms with Gasteiger partial charge in [-0.25, -0.2) is 0 Å². The number of carbonyl (C=O) groups excluding carboxylic acids is 1. The van der Waals surface area contributed by atoms with Gasteiger partial charge in [0.15, 0.2) is 5.96 Å². The van der Waals surface area contributed by atoms with Gasteiger partial charge in [-0.3, -0.25) is 14.7 Å². The minimum Gasteiger partial charge on any atom is -0.469 e. The normalized spacial score (nSPS) is 22.9. The van der Waals surface area contributed by atoms with E-state index < -0.39 is 12.7 Å². The summed E-state index contributed by atoms with van der Waals surface area (Å²) in [7, 11) is 1.40. The van der Waals surface area contributed by atoms with Crippen molar-refractivity contribution in [1.82, 2.24) is 15.1 Å². The van der Waals surface area contributed by atoms with Crippen molar-refractivity contribution in [2.45, 2.75) is 38.4 Å². The third kappa shape index (κ3) is 7.09. The molecule has 6 nitrogen and oxygen atoms in total. The Kier molecular flexibility index (Phi) is 9.42. The number of hydrogen-bond donors (Lipinski definition) is 1. The van der Waals surface area contributed by atoms with E-state index in [1.54, 1.807) is 0 Å². The van der Waals surface area contributed by atoms with E-state index in [9.17, 15) is 18.0 Å². The molecular weight excluding hydrogens is 464 g/mol. The summed E-state index contributed by atoms with van der Waals surface area (Å²) in [6, 6.07) is -0.0361. The zero-order valence-electron chi connectivity index (χ0n) is 15.2. The van der Waals surface area contributed by atoms with Crippen LogP contribution in [0.25, 0.3) is 0 Å². The minimum atomic E-state index is -4.16. The molecule has 1 atom stereocenters. The highest BCUT2D eigenvalue weighted by Gasteiger charge is 2.35. The molecule has 2 saturated heterocycles. The number of ether oxygens (including phenoxy) is 1. The van der Waals surface area contributed by atoms with Gasteiger partial charge in [0.25, 0.3) is 0 Å². The number of esters is 1. The molecule has 0 spiro atoms. The molecule has 0 radical (unpaired) electrons. The highest BCUT2D eigenvalue weighted by Crippen LogP contribution is 2.21. The first-order chi connectivity index (χ1) is 11.8. The summed E-state index contributed by atoms with van der Waals surface area (Å²) in [6.45, 7) is 3.82. The van der Waals surface area contributed by atoms with E-state index in [4.69, 9.17) is 4.74 Å². The van der Waals surface area contributed by atoms with Gasteiger partial charge in [-0.2, -0.15) is 13.2 Å². The maximum Gasteiger partial charge on any atom is 0.401 e. The maximum atomic E-state index is 12.5. The van der Waals surface area contributed by atoms with E-state index in [2.05, 4.69) is 15.2 Å². The number of hydrogen-bond acceptors (Lipinski definition) is 4. The fourth-order valence-electron chi connectivity index (χ4n) is 3.41. The molecule has 2 fully saturated rings. The Labute approximate surface area is 169 Å². The molecule has 10 heteroatoms. The lowest BCUT2D eigenvalue weighted by Crippen LogP contribution is -2.50. The van der Waals surface area contributed by atoms with Crippen molar-refractivity contribution in [1.29, 1.82) is 0 Å². The monoisotopic (exact) mass is 492 g/mol. The van der Waals surface area contributed by atoms with Crippen LogP contribution in [0.15, 0.2) is 4.99 Å². The highest BCUT2D eigenvalue weighted by molar-refractivity contribution is 14.0. The number of carbonyl (C=O) groups is 1. The summed E-state index contributed by atoms with van der Waals surface area (Å²) < 4.78 is 42.3. The molecule has 1 N–H and O–H groups in total. The Morgan fingerprint density at radius 3 is 2.42 bits per heavy atom. The maximum absolute atomic E-state index is 12.5. The topological polar surface area (TPSA) is 57.2 Å². The van der Waals surface area contributed by atoms with Crippen LogP contribution in [-0.2, 0) is 9.53 Å². The van der Waals surface area contributed by atoms with Crippen LogP contribution in [0, 0.1) is 5.92 Å². The predicted octanol–water partition coefficient (Wildman–Crippen LogP) is 2.09.